The molecule has 0 aromatic rings. The molecule has 3 N–H and O–H groups in total. The van der Waals surface area contributed by atoms with Gasteiger partial charge in [-0.15, -0.1) is 0 Å². The van der Waals surface area contributed by atoms with Crippen molar-refractivity contribution in [3.05, 3.63) is 0 Å². The van der Waals surface area contributed by atoms with E-state index in [9.17, 15) is 43.2 Å². The lowest BCUT2D eigenvalue weighted by Crippen LogP contribution is -2.30. The number of hydrogen-bond acceptors (Lipinski definition) is 15. The van der Waals surface area contributed by atoms with E-state index in [2.05, 4.69) is 48.5 Å². The summed E-state index contributed by atoms with van der Waals surface area (Å²) in [6, 6.07) is 0. The largest absolute Gasteiger partial charge is 0.472 e. The van der Waals surface area contributed by atoms with Gasteiger partial charge in [0.05, 0.1) is 26.4 Å². The maximum absolute atomic E-state index is 13.1. The summed E-state index contributed by atoms with van der Waals surface area (Å²) in [6.45, 7) is 12.0. The minimum absolute atomic E-state index is 0.108. The number of esters is 4. The lowest BCUT2D eigenvalue weighted by atomic mass is 10.0. The van der Waals surface area contributed by atoms with Crippen LogP contribution in [-0.4, -0.2) is 96.7 Å². The predicted molar refractivity (Wildman–Crippen MR) is 414 cm³/mol. The van der Waals surface area contributed by atoms with Crippen molar-refractivity contribution < 1.29 is 80.2 Å². The van der Waals surface area contributed by atoms with Crippen molar-refractivity contribution in [1.29, 1.82) is 0 Å². The van der Waals surface area contributed by atoms with E-state index in [1.807, 2.05) is 0 Å². The van der Waals surface area contributed by atoms with Crippen LogP contribution in [0.1, 0.15) is 427 Å². The third kappa shape index (κ3) is 76.1. The van der Waals surface area contributed by atoms with Crippen LogP contribution in [0.3, 0.4) is 0 Å². The highest BCUT2D eigenvalue weighted by Gasteiger charge is 2.30. The smallest absolute Gasteiger partial charge is 0.462 e. The molecule has 600 valence electrons. The molecule has 0 amide bonds. The number of ether oxygens (including phenoxy) is 4. The molecule has 0 heterocycles. The van der Waals surface area contributed by atoms with Gasteiger partial charge in [-0.2, -0.15) is 0 Å². The molecule has 0 aliphatic heterocycles. The van der Waals surface area contributed by atoms with Crippen LogP contribution in [0.5, 0.6) is 0 Å². The zero-order valence-electron chi connectivity index (χ0n) is 66.4. The summed E-state index contributed by atoms with van der Waals surface area (Å²) in [6.07, 6.45) is 60.9. The zero-order chi connectivity index (χ0) is 74.4. The van der Waals surface area contributed by atoms with Gasteiger partial charge in [0.2, 0.25) is 0 Å². The summed E-state index contributed by atoms with van der Waals surface area (Å²) >= 11 is 0. The molecule has 101 heavy (non-hydrogen) atoms. The standard InChI is InChI=1S/C82H160O17P2/c1-8-9-10-11-12-13-14-15-16-24-29-36-44-51-58-65-81(86)99-78(70-93-80(85)64-57-50-43-38-31-34-41-48-55-62-75(6)7)72-97-101(90,91)95-68-76(83)67-94-100(88,89)96-71-77(98-82(87)66-59-52-45-37-30-25-20-18-22-27-33-40-47-54-61-74(4)5)69-92-79(84)63-56-49-42-35-28-23-19-17-21-26-32-39-46-53-60-73(2)3/h73-78,83H,8-72H2,1-7H3,(H,88,89)(H,90,91)/t76-,77-,78-/m1/s1. The van der Waals surface area contributed by atoms with E-state index in [1.165, 1.54) is 238 Å². The predicted octanol–water partition coefficient (Wildman–Crippen LogP) is 24.5. The van der Waals surface area contributed by atoms with Crippen LogP contribution in [0.2, 0.25) is 0 Å². The van der Waals surface area contributed by atoms with Crippen LogP contribution in [0.25, 0.3) is 0 Å². The monoisotopic (exact) mass is 1480 g/mol. The fraction of sp³-hybridized carbons (Fsp3) is 0.951. The van der Waals surface area contributed by atoms with Crippen molar-refractivity contribution in [3.63, 3.8) is 0 Å². The maximum atomic E-state index is 13.1. The van der Waals surface area contributed by atoms with Crippen molar-refractivity contribution in [1.82, 2.24) is 0 Å². The van der Waals surface area contributed by atoms with Crippen molar-refractivity contribution in [2.45, 2.75) is 446 Å². The van der Waals surface area contributed by atoms with Gasteiger partial charge in [0, 0.05) is 25.7 Å². The average Bonchev–Trinajstić information content (AvgIpc) is 0.944. The molecular formula is C82H160O17P2. The fourth-order valence-electron chi connectivity index (χ4n) is 12.7. The van der Waals surface area contributed by atoms with E-state index < -0.39 is 97.5 Å². The molecule has 19 heteroatoms. The van der Waals surface area contributed by atoms with Gasteiger partial charge < -0.3 is 33.8 Å². The summed E-state index contributed by atoms with van der Waals surface area (Å²) in [5.41, 5.74) is 0. The maximum Gasteiger partial charge on any atom is 0.472 e. The third-order valence-electron chi connectivity index (χ3n) is 19.1. The second-order valence-corrected chi connectivity index (χ2v) is 33.8. The van der Waals surface area contributed by atoms with E-state index in [4.69, 9.17) is 37.0 Å². The molecule has 0 aromatic carbocycles. The molecule has 0 saturated carbocycles. The molecule has 0 saturated heterocycles. The van der Waals surface area contributed by atoms with Gasteiger partial charge in [0.1, 0.15) is 19.3 Å². The Morgan fingerprint density at radius 2 is 0.455 bits per heavy atom. The molecule has 0 bridgehead atoms. The van der Waals surface area contributed by atoms with Gasteiger partial charge >= 0.3 is 39.5 Å². The highest BCUT2D eigenvalue weighted by molar-refractivity contribution is 7.47. The van der Waals surface area contributed by atoms with E-state index in [-0.39, 0.29) is 25.7 Å². The minimum atomic E-state index is -4.96. The fourth-order valence-corrected chi connectivity index (χ4v) is 14.2. The Kier molecular flexibility index (Phi) is 70.9. The molecule has 5 atom stereocenters. The number of hydrogen-bond donors (Lipinski definition) is 3. The molecule has 0 radical (unpaired) electrons. The Hall–Kier alpha value is -1.94. The van der Waals surface area contributed by atoms with Crippen molar-refractivity contribution in [3.8, 4) is 0 Å². The number of aliphatic hydroxyl groups excluding tert-OH is 1. The van der Waals surface area contributed by atoms with Gasteiger partial charge in [-0.3, -0.25) is 37.3 Å². The van der Waals surface area contributed by atoms with Crippen molar-refractivity contribution >= 4 is 39.5 Å². The Balaban J connectivity index is 5.27. The quantitative estimate of drug-likeness (QED) is 0.0222. The van der Waals surface area contributed by atoms with Crippen molar-refractivity contribution in [2.24, 2.45) is 17.8 Å². The Bertz CT molecular complexity index is 1960. The first kappa shape index (κ1) is 99.1. The van der Waals surface area contributed by atoms with Gasteiger partial charge in [-0.1, -0.05) is 376 Å². The van der Waals surface area contributed by atoms with E-state index >= 15 is 0 Å². The number of phosphoric acid groups is 2. The molecule has 0 aliphatic carbocycles. The van der Waals surface area contributed by atoms with Crippen LogP contribution in [0, 0.1) is 17.8 Å². The zero-order valence-corrected chi connectivity index (χ0v) is 68.2. The average molecular weight is 1480 g/mol. The van der Waals surface area contributed by atoms with Crippen molar-refractivity contribution in [2.75, 3.05) is 39.6 Å². The summed E-state index contributed by atoms with van der Waals surface area (Å²) in [4.78, 5) is 73.1. The number of aliphatic hydroxyl groups is 1. The van der Waals surface area contributed by atoms with E-state index in [0.717, 1.165) is 108 Å². The number of phosphoric ester groups is 2. The first-order chi connectivity index (χ1) is 48.7. The van der Waals surface area contributed by atoms with Crippen LogP contribution < -0.4 is 0 Å². The SMILES string of the molecule is CCCCCCCCCCCCCCCCCC(=O)O[C@H](COC(=O)CCCCCCCCCCCC(C)C)COP(=O)(O)OC[C@H](O)COP(=O)(O)OC[C@@H](COC(=O)CCCCCCCCCCCCCCCCC(C)C)OC(=O)CCCCCCCCCCCCCCCCC(C)C. The van der Waals surface area contributed by atoms with Gasteiger partial charge in [0.15, 0.2) is 12.2 Å². The molecule has 17 nitrogen and oxygen atoms in total. The lowest BCUT2D eigenvalue weighted by Gasteiger charge is -2.21. The van der Waals surface area contributed by atoms with Crippen LogP contribution in [0.15, 0.2) is 0 Å². The molecule has 0 aliphatic rings. The highest BCUT2D eigenvalue weighted by atomic mass is 31.2. The van der Waals surface area contributed by atoms with E-state index in [1.54, 1.807) is 0 Å². The Labute approximate surface area is 619 Å². The summed E-state index contributed by atoms with van der Waals surface area (Å²) < 4.78 is 68.8. The molecule has 0 spiro atoms. The topological polar surface area (TPSA) is 237 Å². The minimum Gasteiger partial charge on any atom is -0.462 e. The molecule has 0 fully saturated rings. The van der Waals surface area contributed by atoms with Crippen LogP contribution in [-0.2, 0) is 65.4 Å². The lowest BCUT2D eigenvalue weighted by molar-refractivity contribution is -0.161. The summed E-state index contributed by atoms with van der Waals surface area (Å²) in [5, 5.41) is 10.7. The normalized spacial score (nSPS) is 14.0. The number of carbonyl (C=O) groups is 4. The second kappa shape index (κ2) is 72.3. The molecule has 2 unspecified atom stereocenters. The van der Waals surface area contributed by atoms with Crippen LogP contribution >= 0.6 is 15.6 Å². The van der Waals surface area contributed by atoms with Gasteiger partial charge in [-0.05, 0) is 43.4 Å². The number of rotatable bonds is 80. The van der Waals surface area contributed by atoms with Gasteiger partial charge in [-0.25, -0.2) is 9.13 Å². The summed E-state index contributed by atoms with van der Waals surface area (Å²) in [5.74, 6) is 0.231. The third-order valence-corrected chi connectivity index (χ3v) is 21.0. The summed E-state index contributed by atoms with van der Waals surface area (Å²) in [7, 11) is -9.92. The van der Waals surface area contributed by atoms with Crippen LogP contribution in [0.4, 0.5) is 0 Å². The molecule has 0 rings (SSSR count). The first-order valence-corrected chi connectivity index (χ1v) is 45.3. The number of unbranched alkanes of at least 4 members (excludes halogenated alkanes) is 48. The van der Waals surface area contributed by atoms with Gasteiger partial charge in [0.25, 0.3) is 0 Å². The Morgan fingerprint density at radius 3 is 0.673 bits per heavy atom. The Morgan fingerprint density at radius 1 is 0.267 bits per heavy atom. The van der Waals surface area contributed by atoms with E-state index in [0.29, 0.717) is 25.7 Å². The molecular weight excluding hydrogens is 1320 g/mol. The first-order valence-electron chi connectivity index (χ1n) is 42.3. The second-order valence-electron chi connectivity index (χ2n) is 30.9. The number of carbonyl (C=O) groups excluding carboxylic acids is 4. The highest BCUT2D eigenvalue weighted by Crippen LogP contribution is 2.45. The molecule has 0 aromatic heterocycles.